The molecule has 2 heterocycles. The number of carbonyl (C=O) groups is 3. The Labute approximate surface area is 135 Å². The number of fused-ring (bicyclic) bond motifs is 1. The highest BCUT2D eigenvalue weighted by Crippen LogP contribution is 2.23. The van der Waals surface area contributed by atoms with Gasteiger partial charge in [0.15, 0.2) is 0 Å². The Bertz CT molecular complexity index is 658. The van der Waals surface area contributed by atoms with Crippen molar-refractivity contribution in [3.8, 4) is 0 Å². The number of hydrogen-bond donors (Lipinski definition) is 2. The van der Waals surface area contributed by atoms with Crippen LogP contribution in [-0.4, -0.2) is 47.3 Å². The van der Waals surface area contributed by atoms with Crippen LogP contribution in [0.1, 0.15) is 35.7 Å². The van der Waals surface area contributed by atoms with Crippen LogP contribution in [0.4, 0.5) is 0 Å². The number of benzene rings is 1. The third kappa shape index (κ3) is 2.93. The van der Waals surface area contributed by atoms with Gasteiger partial charge < -0.3 is 15.5 Å². The van der Waals surface area contributed by atoms with Crippen molar-refractivity contribution < 1.29 is 14.4 Å². The number of rotatable bonds is 3. The molecule has 2 saturated heterocycles. The normalized spacial score (nSPS) is 26.7. The summed E-state index contributed by atoms with van der Waals surface area (Å²) < 4.78 is 0. The highest BCUT2D eigenvalue weighted by atomic mass is 16.2. The average Bonchev–Trinajstić information content (AvgIpc) is 2.95. The molecule has 0 aliphatic carbocycles. The van der Waals surface area contributed by atoms with Gasteiger partial charge in [-0.25, -0.2) is 0 Å². The zero-order valence-corrected chi connectivity index (χ0v) is 13.3. The molecule has 2 N–H and O–H groups in total. The van der Waals surface area contributed by atoms with Crippen LogP contribution in [0, 0.1) is 6.92 Å². The van der Waals surface area contributed by atoms with Gasteiger partial charge in [0.2, 0.25) is 11.8 Å². The zero-order chi connectivity index (χ0) is 16.6. The molecule has 2 aliphatic heterocycles. The summed E-state index contributed by atoms with van der Waals surface area (Å²) in [6.45, 7) is 4.20. The van der Waals surface area contributed by atoms with Crippen LogP contribution in [0.3, 0.4) is 0 Å². The minimum absolute atomic E-state index is 0.0515. The quantitative estimate of drug-likeness (QED) is 0.857. The van der Waals surface area contributed by atoms with Crippen LogP contribution in [0.5, 0.6) is 0 Å². The van der Waals surface area contributed by atoms with E-state index in [1.165, 1.54) is 0 Å². The van der Waals surface area contributed by atoms with Crippen LogP contribution in [-0.2, 0) is 9.59 Å². The third-order valence-electron chi connectivity index (χ3n) is 4.53. The van der Waals surface area contributed by atoms with Gasteiger partial charge in [-0.2, -0.15) is 0 Å². The summed E-state index contributed by atoms with van der Waals surface area (Å²) in [5, 5.41) is 5.70. The molecule has 0 spiro atoms. The lowest BCUT2D eigenvalue weighted by atomic mass is 10.1. The van der Waals surface area contributed by atoms with E-state index in [0.717, 1.165) is 5.56 Å². The molecule has 6 nitrogen and oxygen atoms in total. The Morgan fingerprint density at radius 2 is 2.17 bits per heavy atom. The first kappa shape index (κ1) is 15.5. The molecule has 3 amide bonds. The molecule has 1 aromatic carbocycles. The van der Waals surface area contributed by atoms with Gasteiger partial charge in [-0.3, -0.25) is 14.4 Å². The van der Waals surface area contributed by atoms with Gasteiger partial charge in [-0.05, 0) is 31.9 Å². The maximum absolute atomic E-state index is 12.3. The molecule has 0 saturated carbocycles. The molecule has 0 radical (unpaired) electrons. The van der Waals surface area contributed by atoms with E-state index in [0.29, 0.717) is 24.9 Å². The monoisotopic (exact) mass is 315 g/mol. The van der Waals surface area contributed by atoms with E-state index in [9.17, 15) is 14.4 Å². The molecule has 3 atom stereocenters. The molecule has 2 fully saturated rings. The molecule has 1 aromatic rings. The van der Waals surface area contributed by atoms with Gasteiger partial charge in [0.25, 0.3) is 5.91 Å². The summed E-state index contributed by atoms with van der Waals surface area (Å²) in [5.74, 6) is -0.341. The molecular formula is C17H21N3O3. The second-order valence-corrected chi connectivity index (χ2v) is 6.25. The number of amides is 3. The van der Waals surface area contributed by atoms with Gasteiger partial charge >= 0.3 is 0 Å². The number of carbonyl (C=O) groups excluding carboxylic acids is 3. The molecule has 0 bridgehead atoms. The molecule has 23 heavy (non-hydrogen) atoms. The fourth-order valence-corrected chi connectivity index (χ4v) is 3.29. The van der Waals surface area contributed by atoms with E-state index in [4.69, 9.17) is 0 Å². The van der Waals surface area contributed by atoms with E-state index < -0.39 is 12.1 Å². The van der Waals surface area contributed by atoms with Crippen molar-refractivity contribution >= 4 is 17.7 Å². The number of aryl methyl sites for hydroxylation is 1. The summed E-state index contributed by atoms with van der Waals surface area (Å²) in [6, 6.07) is 6.25. The Morgan fingerprint density at radius 1 is 1.39 bits per heavy atom. The van der Waals surface area contributed by atoms with Gasteiger partial charge in [0, 0.05) is 18.2 Å². The van der Waals surface area contributed by atoms with Crippen molar-refractivity contribution in [1.29, 1.82) is 0 Å². The lowest BCUT2D eigenvalue weighted by molar-refractivity contribution is -0.147. The Morgan fingerprint density at radius 3 is 2.87 bits per heavy atom. The lowest BCUT2D eigenvalue weighted by Gasteiger charge is -2.33. The van der Waals surface area contributed by atoms with E-state index in [1.807, 2.05) is 32.0 Å². The highest BCUT2D eigenvalue weighted by molar-refractivity contribution is 5.98. The van der Waals surface area contributed by atoms with Gasteiger partial charge in [0.05, 0.1) is 0 Å². The number of nitrogens with zero attached hydrogens (tertiary/aromatic N) is 1. The Hall–Kier alpha value is -2.37. The maximum Gasteiger partial charge on any atom is 0.251 e. The van der Waals surface area contributed by atoms with Crippen molar-refractivity contribution in [2.24, 2.45) is 0 Å². The van der Waals surface area contributed by atoms with Crippen molar-refractivity contribution in [2.75, 3.05) is 6.54 Å². The fraction of sp³-hybridized carbons (Fsp3) is 0.471. The van der Waals surface area contributed by atoms with Crippen LogP contribution in [0.2, 0.25) is 0 Å². The standard InChI is InChI=1S/C17H21N3O3/c1-3-13-17(23)20-9-12(8-14(20)16(22)19-13)18-15(21)11-6-4-5-10(2)7-11/h4-7,12-14H,3,8-9H2,1-2H3,(H,18,21)(H,19,22)/t12-,13-,14-/m0/s1. The van der Waals surface area contributed by atoms with E-state index >= 15 is 0 Å². The summed E-state index contributed by atoms with van der Waals surface area (Å²) in [7, 11) is 0. The summed E-state index contributed by atoms with van der Waals surface area (Å²) in [6.07, 6.45) is 1.04. The fourth-order valence-electron chi connectivity index (χ4n) is 3.29. The SMILES string of the molecule is CC[C@@H]1NC(=O)[C@@H]2C[C@H](NC(=O)c3cccc(C)c3)CN2C1=O. The summed E-state index contributed by atoms with van der Waals surface area (Å²) in [4.78, 5) is 38.4. The van der Waals surface area contributed by atoms with Crippen LogP contribution < -0.4 is 10.6 Å². The molecule has 6 heteroatoms. The average molecular weight is 315 g/mol. The number of nitrogens with one attached hydrogen (secondary N) is 2. The van der Waals surface area contributed by atoms with Crippen molar-refractivity contribution in [3.05, 3.63) is 35.4 Å². The van der Waals surface area contributed by atoms with E-state index in [-0.39, 0.29) is 23.8 Å². The van der Waals surface area contributed by atoms with E-state index in [1.54, 1.807) is 11.0 Å². The minimum atomic E-state index is -0.465. The van der Waals surface area contributed by atoms with E-state index in [2.05, 4.69) is 10.6 Å². The van der Waals surface area contributed by atoms with Gasteiger partial charge in [-0.1, -0.05) is 24.6 Å². The van der Waals surface area contributed by atoms with Crippen LogP contribution in [0.15, 0.2) is 24.3 Å². The second kappa shape index (κ2) is 6.02. The van der Waals surface area contributed by atoms with Gasteiger partial charge in [-0.15, -0.1) is 0 Å². The second-order valence-electron chi connectivity index (χ2n) is 6.25. The number of piperazine rings is 1. The Balaban J connectivity index is 1.69. The predicted molar refractivity (Wildman–Crippen MR) is 84.8 cm³/mol. The first-order valence-electron chi connectivity index (χ1n) is 7.98. The summed E-state index contributed by atoms with van der Waals surface area (Å²) in [5.41, 5.74) is 1.61. The minimum Gasteiger partial charge on any atom is -0.347 e. The highest BCUT2D eigenvalue weighted by Gasteiger charge is 2.46. The lowest BCUT2D eigenvalue weighted by Crippen LogP contribution is -2.60. The third-order valence-corrected chi connectivity index (χ3v) is 4.53. The smallest absolute Gasteiger partial charge is 0.251 e. The first-order chi connectivity index (χ1) is 11.0. The van der Waals surface area contributed by atoms with Crippen molar-refractivity contribution in [2.45, 2.75) is 44.8 Å². The van der Waals surface area contributed by atoms with Crippen LogP contribution >= 0.6 is 0 Å². The van der Waals surface area contributed by atoms with Crippen molar-refractivity contribution in [3.63, 3.8) is 0 Å². The number of hydrogen-bond acceptors (Lipinski definition) is 3. The molecular weight excluding hydrogens is 294 g/mol. The molecule has 122 valence electrons. The molecule has 3 rings (SSSR count). The topological polar surface area (TPSA) is 78.5 Å². The maximum atomic E-state index is 12.3. The van der Waals surface area contributed by atoms with Gasteiger partial charge in [0.1, 0.15) is 12.1 Å². The Kier molecular flexibility index (Phi) is 4.07. The predicted octanol–water partition coefficient (Wildman–Crippen LogP) is 0.603. The van der Waals surface area contributed by atoms with Crippen LogP contribution in [0.25, 0.3) is 0 Å². The molecule has 2 aliphatic rings. The molecule has 0 unspecified atom stereocenters. The largest absolute Gasteiger partial charge is 0.347 e. The van der Waals surface area contributed by atoms with Crippen molar-refractivity contribution in [1.82, 2.24) is 15.5 Å². The zero-order valence-electron chi connectivity index (χ0n) is 13.3. The molecule has 0 aromatic heterocycles. The summed E-state index contributed by atoms with van der Waals surface area (Å²) >= 11 is 0. The first-order valence-corrected chi connectivity index (χ1v) is 7.98.